The van der Waals surface area contributed by atoms with Crippen molar-refractivity contribution in [3.63, 3.8) is 0 Å². The van der Waals surface area contributed by atoms with Gasteiger partial charge in [0.25, 0.3) is 0 Å². The lowest BCUT2D eigenvalue weighted by atomic mass is 10.1. The van der Waals surface area contributed by atoms with Gasteiger partial charge in [-0.15, -0.1) is 0 Å². The summed E-state index contributed by atoms with van der Waals surface area (Å²) in [6.07, 6.45) is 3.67. The quantitative estimate of drug-likeness (QED) is 0.701. The molecule has 28 heavy (non-hydrogen) atoms. The Hall–Kier alpha value is -1.90. The first-order valence-corrected chi connectivity index (χ1v) is 11.4. The lowest BCUT2D eigenvalue weighted by Gasteiger charge is -2.34. The smallest absolute Gasteiger partial charge is 0.220 e. The minimum atomic E-state index is -3.39. The third-order valence-electron chi connectivity index (χ3n) is 4.99. The maximum atomic E-state index is 12.5. The Bertz CT molecular complexity index is 899. The van der Waals surface area contributed by atoms with E-state index in [-0.39, 0.29) is 30.4 Å². The summed E-state index contributed by atoms with van der Waals surface area (Å²) in [5.74, 6) is -0.195. The van der Waals surface area contributed by atoms with E-state index in [0.717, 1.165) is 18.4 Å². The predicted octanol–water partition coefficient (Wildman–Crippen LogP) is 2.05. The maximum absolute atomic E-state index is 12.5. The molecule has 1 saturated heterocycles. The van der Waals surface area contributed by atoms with E-state index >= 15 is 0 Å². The van der Waals surface area contributed by atoms with Gasteiger partial charge < -0.3 is 15.0 Å². The average molecular weight is 408 g/mol. The topological polar surface area (TPSA) is 91.5 Å². The molecule has 1 fully saturated rings. The van der Waals surface area contributed by atoms with Crippen molar-refractivity contribution in [3.05, 3.63) is 36.0 Å². The monoisotopic (exact) mass is 407 g/mol. The first-order chi connectivity index (χ1) is 13.3. The zero-order valence-electron chi connectivity index (χ0n) is 16.5. The Balaban J connectivity index is 1.39. The number of carbonyl (C=O) groups is 1. The molecule has 2 aromatic rings. The molecule has 1 amide bonds. The van der Waals surface area contributed by atoms with Gasteiger partial charge in [-0.2, -0.15) is 4.31 Å². The van der Waals surface area contributed by atoms with Gasteiger partial charge in [-0.25, -0.2) is 8.42 Å². The number of H-pyrrole nitrogens is 1. The van der Waals surface area contributed by atoms with Gasteiger partial charge in [0, 0.05) is 43.2 Å². The number of hydrogen-bond donors (Lipinski definition) is 2. The summed E-state index contributed by atoms with van der Waals surface area (Å²) in [5, 5.41) is 3.92. The number of aromatic nitrogens is 1. The average Bonchev–Trinajstić information content (AvgIpc) is 3.04. The van der Waals surface area contributed by atoms with Crippen molar-refractivity contribution in [2.24, 2.45) is 0 Å². The van der Waals surface area contributed by atoms with Crippen molar-refractivity contribution >= 4 is 26.8 Å². The van der Waals surface area contributed by atoms with Crippen LogP contribution >= 0.6 is 0 Å². The second kappa shape index (κ2) is 9.07. The first kappa shape index (κ1) is 20.8. The number of hydrogen-bond acceptors (Lipinski definition) is 4. The second-order valence-electron chi connectivity index (χ2n) is 7.45. The molecule has 0 radical (unpaired) electrons. The number of benzene rings is 1. The van der Waals surface area contributed by atoms with E-state index in [2.05, 4.69) is 16.4 Å². The van der Waals surface area contributed by atoms with Gasteiger partial charge in [0.15, 0.2) is 0 Å². The molecule has 0 aliphatic carbocycles. The van der Waals surface area contributed by atoms with E-state index in [0.29, 0.717) is 19.5 Å². The van der Waals surface area contributed by atoms with E-state index in [4.69, 9.17) is 4.74 Å². The molecule has 0 saturated carbocycles. The normalized spacial score (nSPS) is 21.1. The number of nitrogens with one attached hydrogen (secondary N) is 2. The van der Waals surface area contributed by atoms with Gasteiger partial charge >= 0.3 is 0 Å². The van der Waals surface area contributed by atoms with Crippen molar-refractivity contribution in [1.82, 2.24) is 14.6 Å². The highest BCUT2D eigenvalue weighted by molar-refractivity contribution is 7.89. The van der Waals surface area contributed by atoms with Gasteiger partial charge in [-0.05, 0) is 38.3 Å². The molecule has 8 heteroatoms. The number of aryl methyl sites for hydroxylation is 1. The Labute approximate surface area is 166 Å². The number of ether oxygens (including phenoxy) is 1. The van der Waals surface area contributed by atoms with Crippen LogP contribution in [-0.4, -0.2) is 61.2 Å². The summed E-state index contributed by atoms with van der Waals surface area (Å²) in [5.41, 5.74) is 2.29. The molecule has 1 aromatic heterocycles. The molecule has 3 rings (SSSR count). The largest absolute Gasteiger partial charge is 0.373 e. The van der Waals surface area contributed by atoms with E-state index in [1.807, 2.05) is 38.2 Å². The first-order valence-electron chi connectivity index (χ1n) is 9.80. The zero-order valence-corrected chi connectivity index (χ0v) is 17.3. The fourth-order valence-electron chi connectivity index (χ4n) is 3.67. The van der Waals surface area contributed by atoms with Crippen LogP contribution < -0.4 is 5.32 Å². The van der Waals surface area contributed by atoms with E-state index in [9.17, 15) is 13.2 Å². The van der Waals surface area contributed by atoms with Crippen LogP contribution in [0.15, 0.2) is 30.5 Å². The Kier molecular flexibility index (Phi) is 6.74. The van der Waals surface area contributed by atoms with Crippen molar-refractivity contribution in [1.29, 1.82) is 0 Å². The lowest BCUT2D eigenvalue weighted by molar-refractivity contribution is -0.121. The van der Waals surface area contributed by atoms with Crippen molar-refractivity contribution < 1.29 is 17.9 Å². The zero-order chi connectivity index (χ0) is 20.1. The number of fused-ring (bicyclic) bond motifs is 1. The van der Waals surface area contributed by atoms with E-state index in [1.54, 1.807) is 0 Å². The van der Waals surface area contributed by atoms with Gasteiger partial charge in [-0.3, -0.25) is 4.79 Å². The van der Waals surface area contributed by atoms with Crippen LogP contribution in [0.4, 0.5) is 0 Å². The minimum Gasteiger partial charge on any atom is -0.373 e. The number of carbonyl (C=O) groups excluding carboxylic acids is 1. The fourth-order valence-corrected chi connectivity index (χ4v) is 5.16. The molecule has 7 nitrogen and oxygen atoms in total. The highest BCUT2D eigenvalue weighted by atomic mass is 32.2. The highest BCUT2D eigenvalue weighted by Crippen LogP contribution is 2.19. The van der Waals surface area contributed by atoms with Gasteiger partial charge in [0.2, 0.25) is 15.9 Å². The highest BCUT2D eigenvalue weighted by Gasteiger charge is 2.30. The molecule has 2 N–H and O–H groups in total. The third kappa shape index (κ3) is 5.33. The van der Waals surface area contributed by atoms with Crippen LogP contribution in [-0.2, 0) is 26.0 Å². The molecule has 1 aromatic carbocycles. The third-order valence-corrected chi connectivity index (χ3v) is 6.79. The SMILES string of the molecule is C[C@@H]1CN(S(=O)(=O)CCNC(=O)CCCc2c[nH]c3ccccc23)C[C@@H](C)O1. The van der Waals surface area contributed by atoms with E-state index in [1.165, 1.54) is 15.3 Å². The van der Waals surface area contributed by atoms with Crippen LogP contribution in [0, 0.1) is 0 Å². The standard InChI is InChI=1S/C20H29N3O4S/c1-15-13-23(14-16(2)27-15)28(25,26)11-10-21-20(24)9-5-6-17-12-22-19-8-4-3-7-18(17)19/h3-4,7-8,12,15-16,22H,5-6,9-11,13-14H2,1-2H3,(H,21,24)/t15-,16-/m1/s1. The second-order valence-corrected chi connectivity index (χ2v) is 9.54. The molecule has 0 spiro atoms. The number of amides is 1. The minimum absolute atomic E-state index is 0.0827. The van der Waals surface area contributed by atoms with Crippen LogP contribution in [0.2, 0.25) is 0 Å². The van der Waals surface area contributed by atoms with E-state index < -0.39 is 10.0 Å². The summed E-state index contributed by atoms with van der Waals surface area (Å²) >= 11 is 0. The van der Waals surface area contributed by atoms with Crippen molar-refractivity contribution in [2.75, 3.05) is 25.4 Å². The molecule has 0 bridgehead atoms. The molecule has 0 unspecified atom stereocenters. The molecule has 154 valence electrons. The molecule has 2 atom stereocenters. The van der Waals surface area contributed by atoms with Crippen LogP contribution in [0.5, 0.6) is 0 Å². The number of nitrogens with zero attached hydrogens (tertiary/aromatic N) is 1. The summed E-state index contributed by atoms with van der Waals surface area (Å²) in [6.45, 7) is 4.60. The summed E-state index contributed by atoms with van der Waals surface area (Å²) < 4.78 is 32.0. The van der Waals surface area contributed by atoms with Gasteiger partial charge in [0.05, 0.1) is 18.0 Å². The molecular formula is C20H29N3O4S. The van der Waals surface area contributed by atoms with Gasteiger partial charge in [-0.1, -0.05) is 18.2 Å². The van der Waals surface area contributed by atoms with Crippen LogP contribution in [0.3, 0.4) is 0 Å². The Morgan fingerprint density at radius 3 is 2.71 bits per heavy atom. The number of aromatic amines is 1. The Morgan fingerprint density at radius 2 is 1.96 bits per heavy atom. The lowest BCUT2D eigenvalue weighted by Crippen LogP contribution is -2.49. The molecular weight excluding hydrogens is 378 g/mol. The molecule has 1 aliphatic heterocycles. The van der Waals surface area contributed by atoms with Crippen molar-refractivity contribution in [3.8, 4) is 0 Å². The predicted molar refractivity (Wildman–Crippen MR) is 110 cm³/mol. The number of para-hydroxylation sites is 1. The van der Waals surface area contributed by atoms with Gasteiger partial charge in [0.1, 0.15) is 0 Å². The van der Waals surface area contributed by atoms with Crippen LogP contribution in [0.25, 0.3) is 10.9 Å². The summed E-state index contributed by atoms with van der Waals surface area (Å²) in [6, 6.07) is 8.09. The number of morpholine rings is 1. The molecule has 2 heterocycles. The summed E-state index contributed by atoms with van der Waals surface area (Å²) in [7, 11) is -3.39. The Morgan fingerprint density at radius 1 is 1.25 bits per heavy atom. The fraction of sp³-hybridized carbons (Fsp3) is 0.550. The summed E-state index contributed by atoms with van der Waals surface area (Å²) in [4.78, 5) is 15.3. The number of sulfonamides is 1. The van der Waals surface area contributed by atoms with Crippen molar-refractivity contribution in [2.45, 2.75) is 45.3 Å². The van der Waals surface area contributed by atoms with Crippen LogP contribution in [0.1, 0.15) is 32.3 Å². The molecule has 1 aliphatic rings. The number of rotatable bonds is 8. The maximum Gasteiger partial charge on any atom is 0.220 e.